The summed E-state index contributed by atoms with van der Waals surface area (Å²) in [6, 6.07) is 3.63. The number of furan rings is 1. The molecule has 6 nitrogen and oxygen atoms in total. The van der Waals surface area contributed by atoms with Crippen molar-refractivity contribution in [3.05, 3.63) is 39.7 Å². The van der Waals surface area contributed by atoms with Gasteiger partial charge < -0.3 is 20.2 Å². The lowest BCUT2D eigenvalue weighted by molar-refractivity contribution is 0.0378. The SMILES string of the molecule is CCNC(=NCc1ncc(C)s1)NCC(C)(O)c1ccc(C)o1. The average molecular weight is 336 g/mol. The summed E-state index contributed by atoms with van der Waals surface area (Å²) in [6.45, 7) is 9.14. The molecule has 23 heavy (non-hydrogen) atoms. The summed E-state index contributed by atoms with van der Waals surface area (Å²) in [7, 11) is 0. The van der Waals surface area contributed by atoms with E-state index < -0.39 is 5.60 Å². The van der Waals surface area contributed by atoms with Crippen LogP contribution in [0, 0.1) is 13.8 Å². The summed E-state index contributed by atoms with van der Waals surface area (Å²) in [5.41, 5.74) is -1.11. The van der Waals surface area contributed by atoms with E-state index in [2.05, 4.69) is 20.6 Å². The van der Waals surface area contributed by atoms with Crippen molar-refractivity contribution in [2.75, 3.05) is 13.1 Å². The van der Waals surface area contributed by atoms with Gasteiger partial charge in [-0.15, -0.1) is 11.3 Å². The molecule has 0 amide bonds. The molecule has 1 atom stereocenters. The van der Waals surface area contributed by atoms with Crippen LogP contribution in [0.2, 0.25) is 0 Å². The molecule has 0 aliphatic heterocycles. The van der Waals surface area contributed by atoms with Crippen molar-refractivity contribution in [1.29, 1.82) is 0 Å². The number of hydrogen-bond acceptors (Lipinski definition) is 5. The van der Waals surface area contributed by atoms with Crippen LogP contribution in [0.1, 0.15) is 35.3 Å². The summed E-state index contributed by atoms with van der Waals surface area (Å²) in [6.07, 6.45) is 1.85. The van der Waals surface area contributed by atoms with Crippen LogP contribution in [-0.4, -0.2) is 29.1 Å². The average Bonchev–Trinajstić information content (AvgIpc) is 3.11. The lowest BCUT2D eigenvalue weighted by Crippen LogP contribution is -2.44. The van der Waals surface area contributed by atoms with Gasteiger partial charge in [0.1, 0.15) is 22.1 Å². The van der Waals surface area contributed by atoms with Gasteiger partial charge in [-0.25, -0.2) is 9.98 Å². The van der Waals surface area contributed by atoms with Gasteiger partial charge in [0, 0.05) is 17.6 Å². The summed E-state index contributed by atoms with van der Waals surface area (Å²) < 4.78 is 5.51. The molecule has 0 bridgehead atoms. The number of rotatable bonds is 6. The van der Waals surface area contributed by atoms with Gasteiger partial charge in [0.2, 0.25) is 0 Å². The fourth-order valence-corrected chi connectivity index (χ4v) is 2.74. The minimum atomic E-state index is -1.11. The predicted molar refractivity (Wildman–Crippen MR) is 92.7 cm³/mol. The first-order valence-corrected chi connectivity index (χ1v) is 8.45. The Kier molecular flexibility index (Phi) is 5.79. The van der Waals surface area contributed by atoms with E-state index >= 15 is 0 Å². The molecule has 7 heteroatoms. The maximum Gasteiger partial charge on any atom is 0.191 e. The normalized spacial score (nSPS) is 14.6. The molecule has 126 valence electrons. The zero-order valence-corrected chi connectivity index (χ0v) is 14.8. The zero-order chi connectivity index (χ0) is 16.9. The lowest BCUT2D eigenvalue weighted by atomic mass is 10.0. The van der Waals surface area contributed by atoms with Crippen LogP contribution in [0.5, 0.6) is 0 Å². The van der Waals surface area contributed by atoms with E-state index in [4.69, 9.17) is 4.42 Å². The molecular weight excluding hydrogens is 312 g/mol. The quantitative estimate of drug-likeness (QED) is 0.557. The highest BCUT2D eigenvalue weighted by molar-refractivity contribution is 7.11. The smallest absolute Gasteiger partial charge is 0.191 e. The summed E-state index contributed by atoms with van der Waals surface area (Å²) in [5, 5.41) is 17.8. The van der Waals surface area contributed by atoms with E-state index in [1.54, 1.807) is 24.3 Å². The number of aliphatic imine (C=N–C) groups is 1. The number of nitrogens with one attached hydrogen (secondary N) is 2. The molecular formula is C16H24N4O2S. The highest BCUT2D eigenvalue weighted by Gasteiger charge is 2.27. The Morgan fingerprint density at radius 1 is 1.39 bits per heavy atom. The third-order valence-corrected chi connectivity index (χ3v) is 4.15. The van der Waals surface area contributed by atoms with Crippen LogP contribution in [0.3, 0.4) is 0 Å². The Balaban J connectivity index is 1.98. The summed E-state index contributed by atoms with van der Waals surface area (Å²) in [4.78, 5) is 9.97. The number of nitrogens with zero attached hydrogens (tertiary/aromatic N) is 2. The Bertz CT molecular complexity index is 661. The molecule has 0 aliphatic rings. The standard InChI is InChI=1S/C16H24N4O2S/c1-5-17-15(19-9-14-18-8-12(3)23-14)20-10-16(4,21)13-7-6-11(2)22-13/h6-8,21H,5,9-10H2,1-4H3,(H2,17,19,20). The molecule has 2 aromatic rings. The molecule has 0 spiro atoms. The number of hydrogen-bond donors (Lipinski definition) is 3. The Labute approximate surface area is 140 Å². The van der Waals surface area contributed by atoms with Crippen LogP contribution in [0.25, 0.3) is 0 Å². The van der Waals surface area contributed by atoms with Crippen LogP contribution in [0.15, 0.2) is 27.7 Å². The van der Waals surface area contributed by atoms with E-state index in [-0.39, 0.29) is 0 Å². The van der Waals surface area contributed by atoms with Crippen molar-refractivity contribution in [1.82, 2.24) is 15.6 Å². The van der Waals surface area contributed by atoms with Gasteiger partial charge in [-0.05, 0) is 39.8 Å². The Morgan fingerprint density at radius 3 is 2.74 bits per heavy atom. The number of guanidine groups is 1. The van der Waals surface area contributed by atoms with Crippen molar-refractivity contribution >= 4 is 17.3 Å². The van der Waals surface area contributed by atoms with Gasteiger partial charge >= 0.3 is 0 Å². The summed E-state index contributed by atoms with van der Waals surface area (Å²) in [5.74, 6) is 1.96. The van der Waals surface area contributed by atoms with E-state index in [0.29, 0.717) is 24.8 Å². The minimum absolute atomic E-state index is 0.294. The molecule has 1 unspecified atom stereocenters. The summed E-state index contributed by atoms with van der Waals surface area (Å²) >= 11 is 1.63. The maximum absolute atomic E-state index is 10.6. The van der Waals surface area contributed by atoms with Crippen molar-refractivity contribution in [3.63, 3.8) is 0 Å². The second-order valence-corrected chi connectivity index (χ2v) is 6.92. The number of aryl methyl sites for hydroxylation is 2. The van der Waals surface area contributed by atoms with Crippen LogP contribution < -0.4 is 10.6 Å². The molecule has 0 fully saturated rings. The van der Waals surface area contributed by atoms with E-state index in [9.17, 15) is 5.11 Å². The van der Waals surface area contributed by atoms with Gasteiger partial charge in [-0.2, -0.15) is 0 Å². The van der Waals surface area contributed by atoms with Crippen LogP contribution >= 0.6 is 11.3 Å². The third kappa shape index (κ3) is 5.07. The molecule has 2 rings (SSSR count). The molecule has 0 aromatic carbocycles. The maximum atomic E-state index is 10.6. The highest BCUT2D eigenvalue weighted by atomic mass is 32.1. The number of aliphatic hydroxyl groups is 1. The van der Waals surface area contributed by atoms with Crippen molar-refractivity contribution in [3.8, 4) is 0 Å². The molecule has 3 N–H and O–H groups in total. The first-order valence-electron chi connectivity index (χ1n) is 7.63. The van der Waals surface area contributed by atoms with Gasteiger partial charge in [0.05, 0.1) is 13.1 Å². The van der Waals surface area contributed by atoms with Crippen molar-refractivity contribution in [2.45, 2.75) is 39.8 Å². The molecule has 2 heterocycles. The van der Waals surface area contributed by atoms with Gasteiger partial charge in [-0.3, -0.25) is 0 Å². The first kappa shape index (κ1) is 17.5. The molecule has 0 radical (unpaired) electrons. The second-order valence-electron chi connectivity index (χ2n) is 5.60. The van der Waals surface area contributed by atoms with E-state index in [1.807, 2.05) is 33.0 Å². The number of thiazole rings is 1. The first-order chi connectivity index (χ1) is 10.9. The van der Waals surface area contributed by atoms with E-state index in [0.717, 1.165) is 17.3 Å². The second kappa shape index (κ2) is 7.61. The predicted octanol–water partition coefficient (Wildman–Crippen LogP) is 2.32. The Morgan fingerprint density at radius 2 is 2.17 bits per heavy atom. The van der Waals surface area contributed by atoms with Crippen molar-refractivity contribution < 1.29 is 9.52 Å². The monoisotopic (exact) mass is 336 g/mol. The lowest BCUT2D eigenvalue weighted by Gasteiger charge is -2.22. The van der Waals surface area contributed by atoms with Gasteiger partial charge in [0.15, 0.2) is 5.96 Å². The van der Waals surface area contributed by atoms with Crippen molar-refractivity contribution in [2.24, 2.45) is 4.99 Å². The van der Waals surface area contributed by atoms with E-state index in [1.165, 1.54) is 4.88 Å². The van der Waals surface area contributed by atoms with Crippen LogP contribution in [-0.2, 0) is 12.1 Å². The molecule has 0 aliphatic carbocycles. The molecule has 0 saturated heterocycles. The number of aromatic nitrogens is 1. The largest absolute Gasteiger partial charge is 0.463 e. The topological polar surface area (TPSA) is 82.7 Å². The van der Waals surface area contributed by atoms with Gasteiger partial charge in [0.25, 0.3) is 0 Å². The fraction of sp³-hybridized carbons (Fsp3) is 0.500. The minimum Gasteiger partial charge on any atom is -0.463 e. The zero-order valence-electron chi connectivity index (χ0n) is 14.0. The fourth-order valence-electron chi connectivity index (χ4n) is 2.03. The Hall–Kier alpha value is -1.86. The highest BCUT2D eigenvalue weighted by Crippen LogP contribution is 2.21. The van der Waals surface area contributed by atoms with Crippen LogP contribution in [0.4, 0.5) is 0 Å². The third-order valence-electron chi connectivity index (χ3n) is 3.26. The molecule has 2 aromatic heterocycles. The molecule has 0 saturated carbocycles. The van der Waals surface area contributed by atoms with Gasteiger partial charge in [-0.1, -0.05) is 0 Å².